The number of anilines is 2. The third-order valence-electron chi connectivity index (χ3n) is 5.11. The summed E-state index contributed by atoms with van der Waals surface area (Å²) in [6, 6.07) is 24.5. The summed E-state index contributed by atoms with van der Waals surface area (Å²) >= 11 is 0. The molecule has 0 unspecified atom stereocenters. The minimum atomic E-state index is 0.614. The zero-order valence-electron chi connectivity index (χ0n) is 15.9. The Balaban J connectivity index is 1.85. The summed E-state index contributed by atoms with van der Waals surface area (Å²) in [4.78, 5) is 0. The second-order valence-electron chi connectivity index (χ2n) is 6.78. The minimum absolute atomic E-state index is 0.614. The highest BCUT2D eigenvalue weighted by Crippen LogP contribution is 2.38. The van der Waals surface area contributed by atoms with Gasteiger partial charge in [0.05, 0.1) is 23.1 Å². The van der Waals surface area contributed by atoms with Crippen LogP contribution in [0.2, 0.25) is 0 Å². The normalized spacial score (nSPS) is 11.4. The van der Waals surface area contributed by atoms with E-state index >= 15 is 0 Å². The van der Waals surface area contributed by atoms with E-state index in [1.54, 1.807) is 0 Å². The molecule has 0 bridgehead atoms. The van der Waals surface area contributed by atoms with Crippen molar-refractivity contribution in [3.8, 4) is 5.75 Å². The van der Waals surface area contributed by atoms with Gasteiger partial charge in [-0.2, -0.15) is 4.57 Å². The molecule has 0 saturated carbocycles. The van der Waals surface area contributed by atoms with Crippen molar-refractivity contribution in [2.75, 3.05) is 11.9 Å². The molecular weight excluding hydrogens is 348 g/mol. The molecule has 4 nitrogen and oxygen atoms in total. The number of furan rings is 1. The van der Waals surface area contributed by atoms with Crippen molar-refractivity contribution in [3.05, 3.63) is 72.8 Å². The number of aromatic nitrogens is 1. The van der Waals surface area contributed by atoms with E-state index < -0.39 is 0 Å². The number of hydrogen-bond acceptors (Lipinski definition) is 3. The number of para-hydroxylation sites is 4. The molecule has 28 heavy (non-hydrogen) atoms. The van der Waals surface area contributed by atoms with Gasteiger partial charge in [-0.05, 0) is 37.3 Å². The van der Waals surface area contributed by atoms with Crippen LogP contribution in [0.15, 0.2) is 77.2 Å². The van der Waals surface area contributed by atoms with Crippen LogP contribution in [0.3, 0.4) is 0 Å². The van der Waals surface area contributed by atoms with E-state index in [9.17, 15) is 0 Å². The molecule has 0 spiro atoms. The molecule has 0 aliphatic rings. The maximum Gasteiger partial charge on any atom is 0.261 e. The summed E-state index contributed by atoms with van der Waals surface area (Å²) in [7, 11) is 2.09. The van der Waals surface area contributed by atoms with Gasteiger partial charge in [-0.3, -0.25) is 0 Å². The Kier molecular flexibility index (Phi) is 3.90. The third kappa shape index (κ3) is 2.49. The zero-order valence-corrected chi connectivity index (χ0v) is 15.9. The summed E-state index contributed by atoms with van der Waals surface area (Å²) in [5.41, 5.74) is 5.80. The SMILES string of the molecule is CCOc1ccccc1Nc1c2ccccc2[n+](C)c2c1oc1ccccc12. The van der Waals surface area contributed by atoms with E-state index in [0.29, 0.717) is 6.61 Å². The lowest BCUT2D eigenvalue weighted by Gasteiger charge is -2.13. The Morgan fingerprint density at radius 3 is 2.46 bits per heavy atom. The molecule has 0 fully saturated rings. The van der Waals surface area contributed by atoms with Gasteiger partial charge < -0.3 is 14.5 Å². The zero-order chi connectivity index (χ0) is 19.1. The molecule has 0 radical (unpaired) electrons. The fourth-order valence-corrected chi connectivity index (χ4v) is 3.86. The van der Waals surface area contributed by atoms with Crippen LogP contribution in [-0.2, 0) is 7.05 Å². The Hall–Kier alpha value is -3.53. The maximum atomic E-state index is 6.32. The highest BCUT2D eigenvalue weighted by molar-refractivity contribution is 6.12. The molecular formula is C24H21N2O2+. The van der Waals surface area contributed by atoms with E-state index in [1.165, 1.54) is 0 Å². The molecule has 0 amide bonds. The summed E-state index contributed by atoms with van der Waals surface area (Å²) in [5.74, 6) is 0.826. The molecule has 5 aromatic rings. The van der Waals surface area contributed by atoms with Gasteiger partial charge in [0, 0.05) is 6.07 Å². The lowest BCUT2D eigenvalue weighted by atomic mass is 10.1. The van der Waals surface area contributed by atoms with Crippen LogP contribution in [0.25, 0.3) is 33.0 Å². The number of benzene rings is 3. The monoisotopic (exact) mass is 369 g/mol. The molecule has 0 atom stereocenters. The van der Waals surface area contributed by atoms with Crippen LogP contribution in [-0.4, -0.2) is 6.61 Å². The molecule has 2 heterocycles. The van der Waals surface area contributed by atoms with Crippen LogP contribution in [0.4, 0.5) is 11.4 Å². The van der Waals surface area contributed by atoms with Crippen molar-refractivity contribution >= 4 is 44.3 Å². The van der Waals surface area contributed by atoms with E-state index in [2.05, 4.69) is 47.3 Å². The van der Waals surface area contributed by atoms with Crippen LogP contribution < -0.4 is 14.6 Å². The van der Waals surface area contributed by atoms with Gasteiger partial charge in [-0.25, -0.2) is 0 Å². The summed E-state index contributed by atoms with van der Waals surface area (Å²) in [6.45, 7) is 2.61. The largest absolute Gasteiger partial charge is 0.492 e. The van der Waals surface area contributed by atoms with Crippen LogP contribution in [0.1, 0.15) is 6.92 Å². The minimum Gasteiger partial charge on any atom is -0.492 e. The molecule has 4 heteroatoms. The Labute approximate surface area is 163 Å². The molecule has 5 rings (SSSR count). The first-order chi connectivity index (χ1) is 13.8. The molecule has 1 N–H and O–H groups in total. The number of pyridine rings is 1. The van der Waals surface area contributed by atoms with E-state index in [0.717, 1.165) is 50.1 Å². The number of nitrogens with zero attached hydrogens (tertiary/aromatic N) is 1. The predicted molar refractivity (Wildman–Crippen MR) is 113 cm³/mol. The highest BCUT2D eigenvalue weighted by atomic mass is 16.5. The second-order valence-corrected chi connectivity index (χ2v) is 6.78. The van der Waals surface area contributed by atoms with Gasteiger partial charge in [0.1, 0.15) is 24.1 Å². The number of aryl methyl sites for hydroxylation is 1. The smallest absolute Gasteiger partial charge is 0.261 e. The van der Waals surface area contributed by atoms with Gasteiger partial charge in [0.25, 0.3) is 5.52 Å². The van der Waals surface area contributed by atoms with Crippen molar-refractivity contribution in [2.24, 2.45) is 7.05 Å². The lowest BCUT2D eigenvalue weighted by Crippen LogP contribution is -2.30. The Morgan fingerprint density at radius 2 is 1.61 bits per heavy atom. The lowest BCUT2D eigenvalue weighted by molar-refractivity contribution is -0.616. The van der Waals surface area contributed by atoms with Crippen LogP contribution in [0, 0.1) is 0 Å². The summed E-state index contributed by atoms with van der Waals surface area (Å²) in [6.07, 6.45) is 0. The topological polar surface area (TPSA) is 38.3 Å². The Bertz CT molecular complexity index is 1320. The summed E-state index contributed by atoms with van der Waals surface area (Å²) in [5, 5.41) is 5.80. The fraction of sp³-hybridized carbons (Fsp3) is 0.125. The first kappa shape index (κ1) is 16.6. The van der Waals surface area contributed by atoms with E-state index in [-0.39, 0.29) is 0 Å². The van der Waals surface area contributed by atoms with Crippen molar-refractivity contribution in [3.63, 3.8) is 0 Å². The second kappa shape index (κ2) is 6.57. The standard InChI is InChI=1S/C24H20N2O2/c1-3-27-21-15-9-6-12-18(21)25-22-16-10-4-7-13-19(16)26(2)23-17-11-5-8-14-20(17)28-24(22)23/h4-15H,3H2,1-2H3/p+1. The van der Waals surface area contributed by atoms with Crippen LogP contribution >= 0.6 is 0 Å². The fourth-order valence-electron chi connectivity index (χ4n) is 3.86. The average molecular weight is 369 g/mol. The number of fused-ring (bicyclic) bond motifs is 4. The van der Waals surface area contributed by atoms with Gasteiger partial charge in [-0.1, -0.05) is 36.4 Å². The molecule has 3 aromatic carbocycles. The molecule has 2 aromatic heterocycles. The molecule has 0 aliphatic carbocycles. The van der Waals surface area contributed by atoms with E-state index in [4.69, 9.17) is 9.15 Å². The number of hydrogen-bond donors (Lipinski definition) is 1. The van der Waals surface area contributed by atoms with Crippen molar-refractivity contribution in [1.29, 1.82) is 0 Å². The number of rotatable bonds is 4. The van der Waals surface area contributed by atoms with Crippen LogP contribution in [0.5, 0.6) is 5.75 Å². The first-order valence-electron chi connectivity index (χ1n) is 9.48. The van der Waals surface area contributed by atoms with Crippen molar-refractivity contribution in [2.45, 2.75) is 6.92 Å². The molecule has 0 saturated heterocycles. The highest BCUT2D eigenvalue weighted by Gasteiger charge is 2.24. The molecule has 0 aliphatic heterocycles. The van der Waals surface area contributed by atoms with Gasteiger partial charge in [0.2, 0.25) is 11.1 Å². The summed E-state index contributed by atoms with van der Waals surface area (Å²) < 4.78 is 14.3. The average Bonchev–Trinajstić information content (AvgIpc) is 3.12. The number of nitrogens with one attached hydrogen (secondary N) is 1. The third-order valence-corrected chi connectivity index (χ3v) is 5.11. The number of ether oxygens (including phenoxy) is 1. The first-order valence-corrected chi connectivity index (χ1v) is 9.48. The quantitative estimate of drug-likeness (QED) is 0.413. The van der Waals surface area contributed by atoms with Crippen molar-refractivity contribution < 1.29 is 13.7 Å². The van der Waals surface area contributed by atoms with Gasteiger partial charge >= 0.3 is 0 Å². The van der Waals surface area contributed by atoms with Gasteiger partial charge in [0.15, 0.2) is 0 Å². The van der Waals surface area contributed by atoms with E-state index in [1.807, 2.05) is 49.4 Å². The predicted octanol–water partition coefficient (Wildman–Crippen LogP) is 5.71. The van der Waals surface area contributed by atoms with Gasteiger partial charge in [-0.15, -0.1) is 0 Å². The molecule has 138 valence electrons. The Morgan fingerprint density at radius 1 is 0.893 bits per heavy atom. The maximum absolute atomic E-state index is 6.32. The van der Waals surface area contributed by atoms with Crippen molar-refractivity contribution in [1.82, 2.24) is 0 Å².